The molecule has 1 heterocycles. The second-order valence-corrected chi connectivity index (χ2v) is 9.54. The zero-order valence-electron chi connectivity index (χ0n) is 17.9. The molecule has 2 fully saturated rings. The Labute approximate surface area is 186 Å². The van der Waals surface area contributed by atoms with Crippen LogP contribution < -0.4 is 0 Å². The van der Waals surface area contributed by atoms with E-state index in [-0.39, 0.29) is 18.3 Å². The van der Waals surface area contributed by atoms with Gasteiger partial charge in [0, 0.05) is 32.7 Å². The molecule has 3 N–H and O–H groups in total. The van der Waals surface area contributed by atoms with E-state index in [2.05, 4.69) is 4.90 Å². The van der Waals surface area contributed by atoms with Crippen LogP contribution in [-0.2, 0) is 12.6 Å². The van der Waals surface area contributed by atoms with Crippen molar-refractivity contribution in [2.24, 2.45) is 11.8 Å². The molecule has 1 saturated carbocycles. The van der Waals surface area contributed by atoms with Crippen LogP contribution in [-0.4, -0.2) is 52.1 Å². The van der Waals surface area contributed by atoms with Gasteiger partial charge in [0.25, 0.3) is 0 Å². The Kier molecular flexibility index (Phi) is 6.52. The minimum Gasteiger partial charge on any atom is -0.508 e. The van der Waals surface area contributed by atoms with Gasteiger partial charge in [-0.05, 0) is 72.4 Å². The summed E-state index contributed by atoms with van der Waals surface area (Å²) in [6, 6.07) is 12.2. The predicted molar refractivity (Wildman–Crippen MR) is 115 cm³/mol. The van der Waals surface area contributed by atoms with Crippen LogP contribution >= 0.6 is 0 Å². The summed E-state index contributed by atoms with van der Waals surface area (Å²) in [5, 5.41) is 30.2. The van der Waals surface area contributed by atoms with Gasteiger partial charge in [-0.3, -0.25) is 0 Å². The second-order valence-electron chi connectivity index (χ2n) is 9.54. The van der Waals surface area contributed by atoms with Crippen molar-refractivity contribution in [3.8, 4) is 5.75 Å². The fraction of sp³-hybridized carbons (Fsp3) is 0.520. The molecular weight excluding hydrogens is 419 g/mol. The van der Waals surface area contributed by atoms with Gasteiger partial charge in [-0.15, -0.1) is 0 Å². The number of aliphatic hydroxyl groups is 2. The number of phenolic OH excluding ortho intramolecular Hbond substituents is 1. The smallest absolute Gasteiger partial charge is 0.416 e. The van der Waals surface area contributed by atoms with Gasteiger partial charge in [0.15, 0.2) is 0 Å². The molecule has 0 radical (unpaired) electrons. The Balaban J connectivity index is 1.34. The number of alkyl halides is 3. The highest BCUT2D eigenvalue weighted by atomic mass is 19.4. The first kappa shape index (κ1) is 23.1. The van der Waals surface area contributed by atoms with Gasteiger partial charge < -0.3 is 20.2 Å². The number of aliphatic hydroxyl groups excluding tert-OH is 1. The third-order valence-electron chi connectivity index (χ3n) is 7.07. The Hall–Kier alpha value is -2.09. The van der Waals surface area contributed by atoms with Gasteiger partial charge in [-0.2, -0.15) is 13.2 Å². The van der Waals surface area contributed by atoms with Crippen molar-refractivity contribution in [1.82, 2.24) is 4.90 Å². The fourth-order valence-corrected chi connectivity index (χ4v) is 5.62. The van der Waals surface area contributed by atoms with E-state index < -0.39 is 17.3 Å². The predicted octanol–water partition coefficient (Wildman–Crippen LogP) is 4.19. The number of nitrogens with zero attached hydrogens (tertiary/aromatic N) is 1. The van der Waals surface area contributed by atoms with Crippen LogP contribution in [0.4, 0.5) is 13.2 Å². The highest BCUT2D eigenvalue weighted by Gasteiger charge is 2.48. The Morgan fingerprint density at radius 3 is 2.09 bits per heavy atom. The first-order valence-corrected chi connectivity index (χ1v) is 11.2. The maximum atomic E-state index is 12.8. The standard InChI is InChI=1S/C25H30F3NO3/c26-25(27,28)22-5-1-17(2-6-22)11-24(32)12-20-15-29(16-21(20)13-24)14-19(9-10-30)18-3-7-23(31)8-4-18/h1-8,19-21,30-32H,9-16H2/t19?,20-,21+,24?. The van der Waals surface area contributed by atoms with E-state index >= 15 is 0 Å². The second kappa shape index (κ2) is 9.04. The summed E-state index contributed by atoms with van der Waals surface area (Å²) in [5.74, 6) is 1.12. The summed E-state index contributed by atoms with van der Waals surface area (Å²) in [6.45, 7) is 2.66. The third-order valence-corrected chi connectivity index (χ3v) is 7.07. The lowest BCUT2D eigenvalue weighted by Crippen LogP contribution is -2.33. The molecule has 2 aromatic rings. The molecule has 0 spiro atoms. The average Bonchev–Trinajstić information content (AvgIpc) is 3.22. The molecule has 7 heteroatoms. The SMILES string of the molecule is OCCC(CN1C[C@@H]2CC(O)(Cc3ccc(C(F)(F)F)cc3)C[C@@H]2C1)c1ccc(O)cc1. The molecule has 174 valence electrons. The van der Waals surface area contributed by atoms with E-state index in [0.717, 1.165) is 42.9 Å². The van der Waals surface area contributed by atoms with Crippen LogP contribution in [0.25, 0.3) is 0 Å². The number of rotatable bonds is 7. The highest BCUT2D eigenvalue weighted by Crippen LogP contribution is 2.46. The molecule has 4 atom stereocenters. The van der Waals surface area contributed by atoms with Crippen LogP contribution in [0.1, 0.15) is 41.9 Å². The van der Waals surface area contributed by atoms with Crippen LogP contribution in [0.5, 0.6) is 5.75 Å². The summed E-state index contributed by atoms with van der Waals surface area (Å²) >= 11 is 0. The van der Waals surface area contributed by atoms with Crippen molar-refractivity contribution in [2.75, 3.05) is 26.2 Å². The monoisotopic (exact) mass is 449 g/mol. The summed E-state index contributed by atoms with van der Waals surface area (Å²) in [5.41, 5.74) is 0.279. The summed E-state index contributed by atoms with van der Waals surface area (Å²) in [7, 11) is 0. The van der Waals surface area contributed by atoms with Crippen LogP contribution in [0.2, 0.25) is 0 Å². The van der Waals surface area contributed by atoms with E-state index in [1.165, 1.54) is 12.1 Å². The molecule has 1 saturated heterocycles. The van der Waals surface area contributed by atoms with Gasteiger partial charge in [-0.25, -0.2) is 0 Å². The summed E-state index contributed by atoms with van der Waals surface area (Å²) < 4.78 is 38.3. The zero-order chi connectivity index (χ0) is 22.9. The minimum absolute atomic E-state index is 0.0963. The molecule has 0 bridgehead atoms. The van der Waals surface area contributed by atoms with Crippen molar-refractivity contribution in [3.63, 3.8) is 0 Å². The molecule has 32 heavy (non-hydrogen) atoms. The Morgan fingerprint density at radius 2 is 1.56 bits per heavy atom. The molecule has 1 aliphatic carbocycles. The molecule has 1 aliphatic heterocycles. The van der Waals surface area contributed by atoms with Crippen molar-refractivity contribution in [2.45, 2.75) is 43.4 Å². The van der Waals surface area contributed by atoms with Gasteiger partial charge in [-0.1, -0.05) is 24.3 Å². The zero-order valence-corrected chi connectivity index (χ0v) is 17.9. The lowest BCUT2D eigenvalue weighted by molar-refractivity contribution is -0.137. The Bertz CT molecular complexity index is 884. The fourth-order valence-electron chi connectivity index (χ4n) is 5.62. The van der Waals surface area contributed by atoms with Crippen molar-refractivity contribution < 1.29 is 28.5 Å². The van der Waals surface area contributed by atoms with Gasteiger partial charge in [0.2, 0.25) is 0 Å². The first-order chi connectivity index (χ1) is 15.1. The van der Waals surface area contributed by atoms with Crippen molar-refractivity contribution >= 4 is 0 Å². The molecule has 2 aromatic carbocycles. The number of aromatic hydroxyl groups is 1. The Morgan fingerprint density at radius 1 is 0.969 bits per heavy atom. The van der Waals surface area contributed by atoms with E-state index in [0.29, 0.717) is 37.5 Å². The number of likely N-dealkylation sites (tertiary alicyclic amines) is 1. The molecule has 4 rings (SSSR count). The third kappa shape index (κ3) is 5.27. The number of halogens is 3. The largest absolute Gasteiger partial charge is 0.508 e. The van der Waals surface area contributed by atoms with Gasteiger partial charge in [0.05, 0.1) is 11.2 Å². The molecule has 2 aliphatic rings. The quantitative estimate of drug-likeness (QED) is 0.593. The van der Waals surface area contributed by atoms with Crippen LogP contribution in [0, 0.1) is 11.8 Å². The number of benzene rings is 2. The van der Waals surface area contributed by atoms with Crippen LogP contribution in [0.15, 0.2) is 48.5 Å². The number of fused-ring (bicyclic) bond motifs is 1. The first-order valence-electron chi connectivity index (χ1n) is 11.2. The maximum Gasteiger partial charge on any atom is 0.416 e. The molecule has 4 nitrogen and oxygen atoms in total. The lowest BCUT2D eigenvalue weighted by atomic mass is 9.90. The topological polar surface area (TPSA) is 63.9 Å². The lowest BCUT2D eigenvalue weighted by Gasteiger charge is -2.28. The highest BCUT2D eigenvalue weighted by molar-refractivity contribution is 5.29. The van der Waals surface area contributed by atoms with E-state index in [1.807, 2.05) is 12.1 Å². The number of phenols is 1. The molecule has 0 aromatic heterocycles. The van der Waals surface area contributed by atoms with E-state index in [1.54, 1.807) is 12.1 Å². The van der Waals surface area contributed by atoms with Crippen LogP contribution in [0.3, 0.4) is 0 Å². The maximum absolute atomic E-state index is 12.8. The normalized spacial score (nSPS) is 26.9. The number of hydrogen-bond donors (Lipinski definition) is 3. The molecule has 2 unspecified atom stereocenters. The molecule has 0 amide bonds. The molecular formula is C25H30F3NO3. The van der Waals surface area contributed by atoms with Crippen molar-refractivity contribution in [3.05, 3.63) is 65.2 Å². The van der Waals surface area contributed by atoms with E-state index in [4.69, 9.17) is 0 Å². The van der Waals surface area contributed by atoms with Gasteiger partial charge in [0.1, 0.15) is 5.75 Å². The number of hydrogen-bond acceptors (Lipinski definition) is 4. The summed E-state index contributed by atoms with van der Waals surface area (Å²) in [6.07, 6.45) is -2.03. The average molecular weight is 450 g/mol. The van der Waals surface area contributed by atoms with Gasteiger partial charge >= 0.3 is 6.18 Å². The van der Waals surface area contributed by atoms with E-state index in [9.17, 15) is 28.5 Å². The minimum atomic E-state index is -4.35. The van der Waals surface area contributed by atoms with Crippen molar-refractivity contribution in [1.29, 1.82) is 0 Å². The summed E-state index contributed by atoms with van der Waals surface area (Å²) in [4.78, 5) is 2.39.